The number of aromatic amines is 1. The van der Waals surface area contributed by atoms with Gasteiger partial charge >= 0.3 is 0 Å². The van der Waals surface area contributed by atoms with Crippen molar-refractivity contribution in [1.29, 1.82) is 0 Å². The number of halogens is 2. The Kier molecular flexibility index (Phi) is 9.65. The summed E-state index contributed by atoms with van der Waals surface area (Å²) in [6.45, 7) is 8.54. The molecule has 2 nitrogen and oxygen atoms in total. The normalized spacial score (nSPS) is 16.6. The van der Waals surface area contributed by atoms with E-state index >= 15 is 0 Å². The van der Waals surface area contributed by atoms with Crippen LogP contribution in [0.5, 0.6) is 0 Å². The van der Waals surface area contributed by atoms with E-state index in [1.54, 1.807) is 24.8 Å². The quantitative estimate of drug-likeness (QED) is 0.616. The Hall–Kier alpha value is -1.43. The van der Waals surface area contributed by atoms with Gasteiger partial charge in [-0.05, 0) is 41.5 Å². The molecule has 0 radical (unpaired) electrons. The molecular weight excluding hydrogens is 315 g/mol. The molecule has 0 bridgehead atoms. The molecule has 1 N–H and O–H groups in total. The summed E-state index contributed by atoms with van der Waals surface area (Å²) in [4.78, 5) is 6.42. The fourth-order valence-corrected chi connectivity index (χ4v) is 2.57. The van der Waals surface area contributed by atoms with Gasteiger partial charge in [0.2, 0.25) is 0 Å². The number of nitrogens with zero attached hydrogens (tertiary/aromatic N) is 1. The first-order chi connectivity index (χ1) is 10.5. The molecule has 0 spiro atoms. The molecule has 0 amide bonds. The monoisotopic (exact) mass is 338 g/mol. The van der Waals surface area contributed by atoms with E-state index in [1.807, 2.05) is 26.0 Å². The molecule has 4 heteroatoms. The number of benzene rings is 1. The summed E-state index contributed by atoms with van der Waals surface area (Å²) in [6.07, 6.45) is 14.3. The predicted octanol–water partition coefficient (Wildman–Crippen LogP) is 6.19. The Labute approximate surface area is 144 Å². The van der Waals surface area contributed by atoms with Crippen molar-refractivity contribution in [3.63, 3.8) is 0 Å². The summed E-state index contributed by atoms with van der Waals surface area (Å²) in [5, 5.41) is 1.48. The van der Waals surface area contributed by atoms with Crippen LogP contribution in [0.3, 0.4) is 0 Å². The van der Waals surface area contributed by atoms with Gasteiger partial charge < -0.3 is 4.98 Å². The molecule has 1 aliphatic rings. The first-order valence-electron chi connectivity index (χ1n) is 7.21. The number of hydrogen-bond acceptors (Lipinski definition) is 1. The van der Waals surface area contributed by atoms with Gasteiger partial charge in [-0.3, -0.25) is 0 Å². The van der Waals surface area contributed by atoms with Crippen LogP contribution >= 0.6 is 23.2 Å². The van der Waals surface area contributed by atoms with Crippen LogP contribution in [0.1, 0.15) is 45.6 Å². The molecule has 1 aliphatic carbocycles. The zero-order valence-electron chi connectivity index (χ0n) is 13.6. The Balaban J connectivity index is 0.000000409. The largest absolute Gasteiger partial charge is 0.351 e. The van der Waals surface area contributed by atoms with Gasteiger partial charge in [-0.2, -0.15) is 0 Å². The zero-order valence-corrected chi connectivity index (χ0v) is 15.1. The second-order valence-corrected chi connectivity index (χ2v) is 6.08. The summed E-state index contributed by atoms with van der Waals surface area (Å²) in [7, 11) is 0. The summed E-state index contributed by atoms with van der Waals surface area (Å²) < 4.78 is 0. The topological polar surface area (TPSA) is 28.7 Å². The minimum atomic E-state index is 0.439. The van der Waals surface area contributed by atoms with E-state index in [0.29, 0.717) is 11.3 Å². The van der Waals surface area contributed by atoms with Gasteiger partial charge in [-0.25, -0.2) is 4.98 Å². The van der Waals surface area contributed by atoms with Gasteiger partial charge in [0.1, 0.15) is 0 Å². The maximum Gasteiger partial charge on any atom is 0.0919 e. The van der Waals surface area contributed by atoms with Crippen molar-refractivity contribution in [2.45, 2.75) is 40.0 Å². The van der Waals surface area contributed by atoms with E-state index in [0.717, 1.165) is 10.0 Å². The Morgan fingerprint density at radius 3 is 1.91 bits per heavy atom. The van der Waals surface area contributed by atoms with Crippen LogP contribution in [-0.2, 0) is 0 Å². The van der Waals surface area contributed by atoms with Crippen molar-refractivity contribution in [2.75, 3.05) is 0 Å². The van der Waals surface area contributed by atoms with E-state index in [-0.39, 0.29) is 0 Å². The van der Waals surface area contributed by atoms with E-state index in [2.05, 4.69) is 36.7 Å². The maximum absolute atomic E-state index is 5.93. The van der Waals surface area contributed by atoms with Gasteiger partial charge in [0.15, 0.2) is 0 Å². The second kappa shape index (κ2) is 10.3. The van der Waals surface area contributed by atoms with Gasteiger partial charge in [0.25, 0.3) is 0 Å². The molecule has 1 heterocycles. The van der Waals surface area contributed by atoms with Crippen LogP contribution in [-0.4, -0.2) is 9.97 Å². The number of nitrogens with one attached hydrogen (secondary N) is 1. The number of hydrogen-bond donors (Lipinski definition) is 1. The number of H-pyrrole nitrogens is 1. The third-order valence-corrected chi connectivity index (χ3v) is 3.64. The molecule has 120 valence electrons. The van der Waals surface area contributed by atoms with Crippen molar-refractivity contribution in [1.82, 2.24) is 9.97 Å². The number of terminal acetylenes is 1. The van der Waals surface area contributed by atoms with E-state index in [9.17, 15) is 0 Å². The molecule has 0 unspecified atom stereocenters. The second-order valence-electron chi connectivity index (χ2n) is 5.21. The lowest BCUT2D eigenvalue weighted by Crippen LogP contribution is -1.89. The Morgan fingerprint density at radius 2 is 1.64 bits per heavy atom. The minimum Gasteiger partial charge on any atom is -0.351 e. The molecule has 0 aliphatic heterocycles. The van der Waals surface area contributed by atoms with Crippen LogP contribution in [0.25, 0.3) is 0 Å². The molecule has 1 saturated carbocycles. The molecule has 0 saturated heterocycles. The molecule has 1 aromatic heterocycles. The first-order valence-corrected chi connectivity index (χ1v) is 7.97. The third kappa shape index (κ3) is 7.02. The molecule has 3 rings (SSSR count). The fraction of sp³-hybridized carbons (Fsp3) is 0.389. The third-order valence-electron chi connectivity index (χ3n) is 3.21. The highest BCUT2D eigenvalue weighted by Crippen LogP contribution is 2.58. The van der Waals surface area contributed by atoms with Crippen molar-refractivity contribution in [2.24, 2.45) is 5.41 Å². The molecule has 1 fully saturated rings. The van der Waals surface area contributed by atoms with Gasteiger partial charge in [0.05, 0.1) is 6.33 Å². The van der Waals surface area contributed by atoms with Gasteiger partial charge in [-0.15, -0.1) is 12.8 Å². The van der Waals surface area contributed by atoms with Crippen LogP contribution in [0.4, 0.5) is 0 Å². The highest BCUT2D eigenvalue weighted by Gasteiger charge is 2.46. The molecule has 1 aromatic carbocycles. The Morgan fingerprint density at radius 1 is 1.14 bits per heavy atom. The number of aromatic nitrogens is 2. The highest BCUT2D eigenvalue weighted by molar-refractivity contribution is 6.34. The average Bonchev–Trinajstić information content (AvgIpc) is 2.92. The highest BCUT2D eigenvalue weighted by atomic mass is 35.5. The molecule has 1 atom stereocenters. The zero-order chi connectivity index (χ0) is 17.2. The Bertz CT molecular complexity index is 508. The maximum atomic E-state index is 5.93. The van der Waals surface area contributed by atoms with Gasteiger partial charge in [0, 0.05) is 22.4 Å². The average molecular weight is 339 g/mol. The van der Waals surface area contributed by atoms with Crippen LogP contribution < -0.4 is 0 Å². The van der Waals surface area contributed by atoms with Gasteiger partial charge in [-0.1, -0.05) is 50.9 Å². The van der Waals surface area contributed by atoms with Crippen LogP contribution in [0, 0.1) is 18.3 Å². The summed E-state index contributed by atoms with van der Waals surface area (Å²) in [6, 6.07) is 5.82. The first kappa shape index (κ1) is 20.6. The summed E-state index contributed by atoms with van der Waals surface area (Å²) >= 11 is 11.9. The van der Waals surface area contributed by atoms with Crippen LogP contribution in [0.15, 0.2) is 36.9 Å². The minimum absolute atomic E-state index is 0.439. The van der Waals surface area contributed by atoms with E-state index < -0.39 is 0 Å². The lowest BCUT2D eigenvalue weighted by atomic mass is 10.0. The number of rotatable bonds is 1. The molecule has 22 heavy (non-hydrogen) atoms. The predicted molar refractivity (Wildman–Crippen MR) is 97.4 cm³/mol. The van der Waals surface area contributed by atoms with Crippen molar-refractivity contribution < 1.29 is 0 Å². The van der Waals surface area contributed by atoms with E-state index in [1.165, 1.54) is 12.0 Å². The molecular formula is C18H24Cl2N2. The van der Waals surface area contributed by atoms with Crippen molar-refractivity contribution in [3.8, 4) is 12.8 Å². The fourth-order valence-electron chi connectivity index (χ4n) is 2.03. The van der Waals surface area contributed by atoms with Crippen molar-refractivity contribution in [3.05, 3.63) is 52.5 Å². The summed E-state index contributed by atoms with van der Waals surface area (Å²) in [5.74, 6) is 0.642. The lowest BCUT2D eigenvalue weighted by Gasteiger charge is -2.04. The molecule has 2 aromatic rings. The smallest absolute Gasteiger partial charge is 0.0919 e. The van der Waals surface area contributed by atoms with Crippen molar-refractivity contribution >= 4 is 23.2 Å². The number of imidazole rings is 1. The SMILES string of the molecule is C#C.CC.CC1(C)C[C@H]1c1cc(Cl)cc(Cl)c1.c1c[nH]cn1. The lowest BCUT2D eigenvalue weighted by molar-refractivity contribution is 0.622. The standard InChI is InChI=1S/C11H12Cl2.C3H4N2.C2H6.C2H2/c1-11(2)6-10(11)7-3-8(12)5-9(13)4-7;1-2-5-3-4-1;2*1-2/h3-5,10H,6H2,1-2H3;1-3H,(H,4,5);1-2H3;1-2H/t10-;;;/m0.../s1. The summed E-state index contributed by atoms with van der Waals surface area (Å²) in [5.41, 5.74) is 1.72. The van der Waals surface area contributed by atoms with Crippen LogP contribution in [0.2, 0.25) is 10.0 Å². The van der Waals surface area contributed by atoms with E-state index in [4.69, 9.17) is 23.2 Å².